The van der Waals surface area contributed by atoms with Gasteiger partial charge in [-0.25, -0.2) is 0 Å². The van der Waals surface area contributed by atoms with Crippen LogP contribution in [0.1, 0.15) is 0 Å². The summed E-state index contributed by atoms with van der Waals surface area (Å²) in [6.45, 7) is 0. The molecule has 0 aliphatic rings. The van der Waals surface area contributed by atoms with Crippen LogP contribution in [0, 0.1) is 0 Å². The molecule has 0 aromatic heterocycles. The summed E-state index contributed by atoms with van der Waals surface area (Å²) in [7, 11) is -0.137. The van der Waals surface area contributed by atoms with Gasteiger partial charge in [0.2, 0.25) is 0 Å². The van der Waals surface area contributed by atoms with Crippen molar-refractivity contribution in [3.63, 3.8) is 0 Å². The Labute approximate surface area is 86.8 Å². The van der Waals surface area contributed by atoms with Gasteiger partial charge in [-0.3, -0.25) is 4.55 Å². The molecule has 0 heterocycles. The Balaban J connectivity index is -0.0000000800. The van der Waals surface area contributed by atoms with Crippen LogP contribution in [-0.4, -0.2) is 68.1 Å². The molecule has 7 heteroatoms. The van der Waals surface area contributed by atoms with Gasteiger partial charge in [0.25, 0.3) is 0 Å². The Morgan fingerprint density at radius 1 is 1.43 bits per heavy atom. The number of halogens is 1. The van der Waals surface area contributed by atoms with Gasteiger partial charge in [0.1, 0.15) is 0 Å². The van der Waals surface area contributed by atoms with Crippen LogP contribution in [0.15, 0.2) is 0 Å². The summed E-state index contributed by atoms with van der Waals surface area (Å²) in [5, 5.41) is 0. The molecule has 0 aromatic rings. The van der Waals surface area contributed by atoms with Crippen LogP contribution < -0.4 is 0 Å². The first-order valence-corrected chi connectivity index (χ1v) is 2.94. The molecule has 0 saturated carbocycles. The van der Waals surface area contributed by atoms with Crippen molar-refractivity contribution in [1.29, 1.82) is 0 Å². The average Bonchev–Trinajstić information content (AvgIpc) is 0.722. The van der Waals surface area contributed by atoms with E-state index in [2.05, 4.69) is 10.7 Å². The van der Waals surface area contributed by atoms with E-state index >= 15 is 0 Å². The van der Waals surface area contributed by atoms with Gasteiger partial charge >= 0.3 is 47.1 Å². The van der Waals surface area contributed by atoms with Gasteiger partial charge in [0.05, 0.1) is 0 Å². The van der Waals surface area contributed by atoms with Crippen molar-refractivity contribution in [2.24, 2.45) is 0 Å². The molecule has 0 radical (unpaired) electrons. The zero-order chi connectivity index (χ0) is 4.50. The van der Waals surface area contributed by atoms with Crippen molar-refractivity contribution in [3.05, 3.63) is 0 Å². The molecule has 0 amide bonds. The molecule has 0 saturated heterocycles. The van der Waals surface area contributed by atoms with Crippen molar-refractivity contribution in [3.8, 4) is 0 Å². The van der Waals surface area contributed by atoms with Crippen LogP contribution in [0.2, 0.25) is 0 Å². The van der Waals surface area contributed by atoms with Crippen molar-refractivity contribution in [2.45, 2.75) is 0 Å². The minimum absolute atomic E-state index is 0. The fourth-order valence-corrected chi connectivity index (χ4v) is 0. The summed E-state index contributed by atoms with van der Waals surface area (Å²) < 4.78 is 25.2. The number of rotatable bonds is 0. The Kier molecular flexibility index (Phi) is 14.0. The Morgan fingerprint density at radius 2 is 1.43 bits per heavy atom. The zero-order valence-electron chi connectivity index (χ0n) is 2.05. The Hall–Kier alpha value is 1.99. The molecule has 0 unspecified atom stereocenters. The number of hydrogen-bond acceptors (Lipinski definition) is 2. The van der Waals surface area contributed by atoms with Gasteiger partial charge in [0, 0.05) is 10.7 Å². The molecule has 3 nitrogen and oxygen atoms in total. The predicted molar refractivity (Wildman–Crippen MR) is 35.9 cm³/mol. The Morgan fingerprint density at radius 3 is 1.43 bits per heavy atom. The molecule has 42 valence electrons. The van der Waals surface area contributed by atoms with E-state index in [4.69, 9.17) is 13.0 Å². The number of hydrogen-bond donors (Lipinski definition) is 1. The Bertz CT molecular complexity index is 98.1. The SMILES string of the molecule is O=S(=O)(O)Cl.[AlH3].[CaH2]. The first kappa shape index (κ1) is 16.0. The van der Waals surface area contributed by atoms with Gasteiger partial charge in [-0.05, 0) is 0 Å². The molecule has 1 N–H and O–H groups in total. The first-order chi connectivity index (χ1) is 2.00. The summed E-state index contributed by atoms with van der Waals surface area (Å²) in [6, 6.07) is 0. The van der Waals surface area contributed by atoms with Crippen LogP contribution in [0.25, 0.3) is 0 Å². The molecule has 7 heavy (non-hydrogen) atoms. The molecule has 0 rings (SSSR count). The molecule has 0 atom stereocenters. The second-order valence-corrected chi connectivity index (χ2v) is 2.41. The quantitative estimate of drug-likeness (QED) is 0.270. The monoisotopic (exact) mass is 188 g/mol. The molecule has 0 aliphatic carbocycles. The van der Waals surface area contributed by atoms with E-state index in [0.717, 1.165) is 0 Å². The van der Waals surface area contributed by atoms with E-state index in [1.165, 1.54) is 0 Å². The van der Waals surface area contributed by atoms with E-state index in [1.807, 2.05) is 0 Å². The summed E-state index contributed by atoms with van der Waals surface area (Å²) in [5.74, 6) is 0. The molecular weight excluding hydrogens is 183 g/mol. The average molecular weight is 189 g/mol. The fraction of sp³-hybridized carbons (Fsp3) is 0. The van der Waals surface area contributed by atoms with Crippen molar-refractivity contribution in [1.82, 2.24) is 0 Å². The van der Waals surface area contributed by atoms with Crippen LogP contribution >= 0.6 is 10.7 Å². The summed E-state index contributed by atoms with van der Waals surface area (Å²) in [6.07, 6.45) is 0. The first-order valence-electron chi connectivity index (χ1n) is 0.670. The van der Waals surface area contributed by atoms with Crippen LogP contribution in [0.5, 0.6) is 0 Å². The predicted octanol–water partition coefficient (Wildman–Crippen LogP) is -2.07. The van der Waals surface area contributed by atoms with Gasteiger partial charge in [-0.15, -0.1) is 0 Å². The van der Waals surface area contributed by atoms with Crippen molar-refractivity contribution in [2.75, 3.05) is 0 Å². The second kappa shape index (κ2) is 6.12. The van der Waals surface area contributed by atoms with Gasteiger partial charge in [0.15, 0.2) is 17.4 Å². The molecule has 0 bridgehead atoms. The van der Waals surface area contributed by atoms with Crippen molar-refractivity contribution < 1.29 is 13.0 Å². The molecule has 0 aromatic carbocycles. The molecule has 0 spiro atoms. The van der Waals surface area contributed by atoms with E-state index < -0.39 is 9.33 Å². The third-order valence-electron chi connectivity index (χ3n) is 0. The molecule has 0 fully saturated rings. The van der Waals surface area contributed by atoms with Crippen LogP contribution in [-0.2, 0) is 9.33 Å². The van der Waals surface area contributed by atoms with Crippen LogP contribution in [0.4, 0.5) is 0 Å². The third-order valence-corrected chi connectivity index (χ3v) is 0. The van der Waals surface area contributed by atoms with Gasteiger partial charge in [-0.2, -0.15) is 8.42 Å². The fourth-order valence-electron chi connectivity index (χ4n) is 0. The van der Waals surface area contributed by atoms with Crippen molar-refractivity contribution >= 4 is 75.1 Å². The van der Waals surface area contributed by atoms with Gasteiger partial charge < -0.3 is 0 Å². The third kappa shape index (κ3) is 72.3. The zero-order valence-corrected chi connectivity index (χ0v) is 3.62. The van der Waals surface area contributed by atoms with Crippen LogP contribution in [0.3, 0.4) is 0 Å². The molecular formula is H6AlCaClO3S. The summed E-state index contributed by atoms with van der Waals surface area (Å²) >= 11 is 0. The normalized spacial score (nSPS) is 8.29. The minimum atomic E-state index is -4.19. The second-order valence-electron chi connectivity index (χ2n) is 0.412. The summed E-state index contributed by atoms with van der Waals surface area (Å²) in [5.41, 5.74) is 0. The maximum atomic E-state index is 8.95. The van der Waals surface area contributed by atoms with E-state index in [9.17, 15) is 0 Å². The summed E-state index contributed by atoms with van der Waals surface area (Å²) in [4.78, 5) is 0. The van der Waals surface area contributed by atoms with E-state index in [0.29, 0.717) is 0 Å². The van der Waals surface area contributed by atoms with E-state index in [1.54, 1.807) is 0 Å². The topological polar surface area (TPSA) is 54.4 Å². The maximum absolute atomic E-state index is 8.95. The van der Waals surface area contributed by atoms with E-state index in [-0.39, 0.29) is 55.1 Å². The molecule has 0 aliphatic heterocycles. The standard InChI is InChI=1S/Al.Ca.ClHO3S.5H/c;;1-5(2,3)4;;;;;/h;;(H,2,3,4);;;;;. The van der Waals surface area contributed by atoms with Gasteiger partial charge in [-0.1, -0.05) is 0 Å².